The van der Waals surface area contributed by atoms with Crippen molar-refractivity contribution in [3.8, 4) is 22.6 Å². The average molecular weight is 383 g/mol. The van der Waals surface area contributed by atoms with Gasteiger partial charge >= 0.3 is 0 Å². The van der Waals surface area contributed by atoms with Gasteiger partial charge < -0.3 is 14.8 Å². The second-order valence-electron chi connectivity index (χ2n) is 6.28. The standard InChI is InChI=1S/C21H18FNO3S/c1-25-12-7-8-14(18(9-12)26-2)15-10-19(24)23-20-16(11-27-21(15)20)13-5-3-4-6-17(13)22/h3-9,11,15H,10H2,1-2H3,(H,23,24). The molecule has 0 aliphatic carbocycles. The minimum atomic E-state index is -0.309. The Bertz CT molecular complexity index is 1010. The fourth-order valence-corrected chi connectivity index (χ4v) is 4.61. The zero-order chi connectivity index (χ0) is 19.0. The van der Waals surface area contributed by atoms with Crippen molar-refractivity contribution in [2.24, 2.45) is 0 Å². The van der Waals surface area contributed by atoms with E-state index in [1.54, 1.807) is 32.4 Å². The monoisotopic (exact) mass is 383 g/mol. The Kier molecular flexibility index (Phi) is 4.58. The molecule has 2 heterocycles. The van der Waals surface area contributed by atoms with Crippen molar-refractivity contribution >= 4 is 22.9 Å². The molecule has 0 saturated carbocycles. The van der Waals surface area contributed by atoms with Crippen molar-refractivity contribution < 1.29 is 18.7 Å². The zero-order valence-electron chi connectivity index (χ0n) is 14.9. The zero-order valence-corrected chi connectivity index (χ0v) is 15.7. The Morgan fingerprint density at radius 2 is 1.93 bits per heavy atom. The number of hydrogen-bond acceptors (Lipinski definition) is 4. The third kappa shape index (κ3) is 3.06. The predicted molar refractivity (Wildman–Crippen MR) is 104 cm³/mol. The molecule has 0 radical (unpaired) electrons. The number of hydrogen-bond donors (Lipinski definition) is 1. The molecule has 1 aromatic heterocycles. The summed E-state index contributed by atoms with van der Waals surface area (Å²) in [7, 11) is 3.20. The molecule has 27 heavy (non-hydrogen) atoms. The fraction of sp³-hybridized carbons (Fsp3) is 0.190. The summed E-state index contributed by atoms with van der Waals surface area (Å²) in [4.78, 5) is 13.4. The highest BCUT2D eigenvalue weighted by molar-refractivity contribution is 7.11. The molecule has 4 rings (SSSR count). The highest BCUT2D eigenvalue weighted by atomic mass is 32.1. The largest absolute Gasteiger partial charge is 0.497 e. The first-order valence-electron chi connectivity index (χ1n) is 8.50. The van der Waals surface area contributed by atoms with Crippen LogP contribution in [0.2, 0.25) is 0 Å². The van der Waals surface area contributed by atoms with Gasteiger partial charge in [0.2, 0.25) is 5.91 Å². The summed E-state index contributed by atoms with van der Waals surface area (Å²) >= 11 is 1.52. The third-order valence-electron chi connectivity index (χ3n) is 4.77. The Morgan fingerprint density at radius 1 is 1.11 bits per heavy atom. The molecule has 0 spiro atoms. The number of benzene rings is 2. The molecule has 0 fully saturated rings. The first-order valence-corrected chi connectivity index (χ1v) is 9.38. The summed E-state index contributed by atoms with van der Waals surface area (Å²) in [6.07, 6.45) is 0.312. The Labute approximate surface area is 160 Å². The Balaban J connectivity index is 1.84. The highest BCUT2D eigenvalue weighted by Crippen LogP contribution is 2.48. The van der Waals surface area contributed by atoms with E-state index in [0.29, 0.717) is 34.7 Å². The van der Waals surface area contributed by atoms with Crippen LogP contribution in [0.15, 0.2) is 47.8 Å². The molecule has 1 atom stereocenters. The fourth-order valence-electron chi connectivity index (χ4n) is 3.46. The van der Waals surface area contributed by atoms with E-state index in [1.165, 1.54) is 17.4 Å². The summed E-state index contributed by atoms with van der Waals surface area (Å²) < 4.78 is 25.1. The van der Waals surface area contributed by atoms with Gasteiger partial charge in [-0.15, -0.1) is 11.3 Å². The van der Waals surface area contributed by atoms with Gasteiger partial charge in [0.1, 0.15) is 17.3 Å². The number of halogens is 1. The minimum Gasteiger partial charge on any atom is -0.497 e. The molecule has 3 aromatic rings. The third-order valence-corrected chi connectivity index (χ3v) is 5.87. The van der Waals surface area contributed by atoms with Gasteiger partial charge in [0, 0.05) is 45.4 Å². The van der Waals surface area contributed by atoms with Crippen LogP contribution < -0.4 is 14.8 Å². The lowest BCUT2D eigenvalue weighted by atomic mass is 9.88. The van der Waals surface area contributed by atoms with Crippen molar-refractivity contribution in [1.82, 2.24) is 0 Å². The van der Waals surface area contributed by atoms with E-state index in [2.05, 4.69) is 5.32 Å². The first-order chi connectivity index (χ1) is 13.1. The number of thiophene rings is 1. The number of anilines is 1. The topological polar surface area (TPSA) is 47.6 Å². The number of fused-ring (bicyclic) bond motifs is 1. The average Bonchev–Trinajstić information content (AvgIpc) is 3.10. The van der Waals surface area contributed by atoms with Crippen LogP contribution in [-0.4, -0.2) is 20.1 Å². The molecule has 4 nitrogen and oxygen atoms in total. The lowest BCUT2D eigenvalue weighted by Gasteiger charge is -2.25. The number of rotatable bonds is 4. The van der Waals surface area contributed by atoms with Gasteiger partial charge in [-0.25, -0.2) is 4.39 Å². The molecular formula is C21H18FNO3S. The van der Waals surface area contributed by atoms with Crippen LogP contribution in [0.1, 0.15) is 22.8 Å². The molecule has 138 valence electrons. The Morgan fingerprint density at radius 3 is 2.67 bits per heavy atom. The quantitative estimate of drug-likeness (QED) is 0.686. The van der Waals surface area contributed by atoms with Crippen LogP contribution in [0.4, 0.5) is 10.1 Å². The number of amides is 1. The smallest absolute Gasteiger partial charge is 0.225 e. The summed E-state index contributed by atoms with van der Waals surface area (Å²) in [5.74, 6) is 0.799. The molecule has 2 aromatic carbocycles. The number of carbonyl (C=O) groups excluding carboxylic acids is 1. The summed E-state index contributed by atoms with van der Waals surface area (Å²) in [6.45, 7) is 0. The molecule has 1 unspecified atom stereocenters. The van der Waals surface area contributed by atoms with Gasteiger partial charge in [-0.2, -0.15) is 0 Å². The van der Waals surface area contributed by atoms with Crippen LogP contribution in [0, 0.1) is 5.82 Å². The SMILES string of the molecule is COc1ccc(C2CC(=O)Nc3c(-c4ccccc4F)csc32)c(OC)c1. The van der Waals surface area contributed by atoms with Gasteiger partial charge in [-0.05, 0) is 12.1 Å². The minimum absolute atomic E-state index is 0.0960. The summed E-state index contributed by atoms with van der Waals surface area (Å²) in [5, 5.41) is 4.83. The van der Waals surface area contributed by atoms with Crippen LogP contribution in [-0.2, 0) is 4.79 Å². The normalized spacial score (nSPS) is 15.8. The maximum atomic E-state index is 14.3. The van der Waals surface area contributed by atoms with E-state index in [9.17, 15) is 9.18 Å². The molecule has 1 amide bonds. The molecule has 0 saturated heterocycles. The second kappa shape index (κ2) is 7.04. The molecule has 1 aliphatic rings. The van der Waals surface area contributed by atoms with E-state index in [1.807, 2.05) is 23.6 Å². The highest BCUT2D eigenvalue weighted by Gasteiger charge is 2.32. The van der Waals surface area contributed by atoms with Crippen LogP contribution in [0.3, 0.4) is 0 Å². The number of nitrogens with one attached hydrogen (secondary N) is 1. The van der Waals surface area contributed by atoms with Gasteiger partial charge in [-0.3, -0.25) is 4.79 Å². The maximum absolute atomic E-state index is 14.3. The van der Waals surface area contributed by atoms with Gasteiger partial charge in [0.05, 0.1) is 19.9 Å². The van der Waals surface area contributed by atoms with Gasteiger partial charge in [0.25, 0.3) is 0 Å². The molecule has 0 bridgehead atoms. The molecule has 1 aliphatic heterocycles. The summed E-state index contributed by atoms with van der Waals surface area (Å²) in [5.41, 5.74) is 2.79. The van der Waals surface area contributed by atoms with Crippen LogP contribution >= 0.6 is 11.3 Å². The number of ether oxygens (including phenoxy) is 2. The number of carbonyl (C=O) groups is 1. The van der Waals surface area contributed by atoms with Crippen LogP contribution in [0.5, 0.6) is 11.5 Å². The van der Waals surface area contributed by atoms with Crippen molar-refractivity contribution in [2.45, 2.75) is 12.3 Å². The van der Waals surface area contributed by atoms with Crippen molar-refractivity contribution in [2.75, 3.05) is 19.5 Å². The lowest BCUT2D eigenvalue weighted by molar-refractivity contribution is -0.116. The van der Waals surface area contributed by atoms with Crippen molar-refractivity contribution in [1.29, 1.82) is 0 Å². The summed E-state index contributed by atoms with van der Waals surface area (Å²) in [6, 6.07) is 12.2. The van der Waals surface area contributed by atoms with Crippen LogP contribution in [0.25, 0.3) is 11.1 Å². The van der Waals surface area contributed by atoms with Crippen molar-refractivity contribution in [3.05, 3.63) is 64.1 Å². The van der Waals surface area contributed by atoms with E-state index in [4.69, 9.17) is 9.47 Å². The van der Waals surface area contributed by atoms with Crippen molar-refractivity contribution in [3.63, 3.8) is 0 Å². The second-order valence-corrected chi connectivity index (χ2v) is 7.19. The lowest BCUT2D eigenvalue weighted by Crippen LogP contribution is -2.22. The van der Waals surface area contributed by atoms with E-state index in [-0.39, 0.29) is 17.6 Å². The maximum Gasteiger partial charge on any atom is 0.225 e. The van der Waals surface area contributed by atoms with E-state index < -0.39 is 0 Å². The number of methoxy groups -OCH3 is 2. The Hall–Kier alpha value is -2.86. The van der Waals surface area contributed by atoms with E-state index in [0.717, 1.165) is 10.4 Å². The first kappa shape index (κ1) is 17.5. The predicted octanol–water partition coefficient (Wildman–Crippen LogP) is 5.05. The van der Waals surface area contributed by atoms with Gasteiger partial charge in [0.15, 0.2) is 0 Å². The molecular weight excluding hydrogens is 365 g/mol. The molecule has 6 heteroatoms. The molecule has 1 N–H and O–H groups in total. The van der Waals surface area contributed by atoms with E-state index >= 15 is 0 Å². The van der Waals surface area contributed by atoms with Gasteiger partial charge in [-0.1, -0.05) is 24.3 Å².